The van der Waals surface area contributed by atoms with Gasteiger partial charge >= 0.3 is 12.1 Å². The van der Waals surface area contributed by atoms with Crippen molar-refractivity contribution in [2.24, 2.45) is 0 Å². The lowest BCUT2D eigenvalue weighted by Gasteiger charge is -2.20. The summed E-state index contributed by atoms with van der Waals surface area (Å²) >= 11 is 0. The first kappa shape index (κ1) is 16.5. The number of carboxylic acids is 1. The van der Waals surface area contributed by atoms with Crippen molar-refractivity contribution in [3.05, 3.63) is 47.9 Å². The van der Waals surface area contributed by atoms with Gasteiger partial charge in [-0.05, 0) is 26.3 Å². The molecule has 2 aromatic rings. The first-order chi connectivity index (χ1) is 10.8. The average molecular weight is 317 g/mol. The minimum Gasteiger partial charge on any atom is -0.476 e. The van der Waals surface area contributed by atoms with Crippen LogP contribution >= 0.6 is 0 Å². The molecule has 7 heteroatoms. The van der Waals surface area contributed by atoms with Gasteiger partial charge in [0.2, 0.25) is 0 Å². The number of carbonyl (C=O) groups is 2. The number of aromatic nitrogens is 2. The molecule has 2 rings (SSSR count). The Morgan fingerprint density at radius 2 is 1.91 bits per heavy atom. The molecular weight excluding hydrogens is 298 g/mol. The number of anilines is 1. The van der Waals surface area contributed by atoms with Crippen LogP contribution in [0.1, 0.15) is 36.8 Å². The van der Waals surface area contributed by atoms with Crippen LogP contribution in [0.25, 0.3) is 0 Å². The van der Waals surface area contributed by atoms with Crippen LogP contribution < -0.4 is 5.32 Å². The number of carboxylic acid groups (broad SMARTS) is 1. The van der Waals surface area contributed by atoms with E-state index in [1.54, 1.807) is 25.3 Å². The second-order valence-corrected chi connectivity index (χ2v) is 5.99. The molecule has 0 saturated heterocycles. The predicted octanol–water partition coefficient (Wildman–Crippen LogP) is 2.98. The Balaban J connectivity index is 2.26. The van der Waals surface area contributed by atoms with Crippen LogP contribution in [-0.2, 0) is 11.3 Å². The number of hydrogen-bond donors (Lipinski definition) is 2. The maximum absolute atomic E-state index is 11.9. The molecule has 7 nitrogen and oxygen atoms in total. The number of nitrogens with one attached hydrogen (secondary N) is 1. The van der Waals surface area contributed by atoms with E-state index in [0.29, 0.717) is 6.54 Å². The number of carbonyl (C=O) groups excluding carboxylic acids is 1. The second-order valence-electron chi connectivity index (χ2n) is 5.99. The van der Waals surface area contributed by atoms with Crippen molar-refractivity contribution in [1.82, 2.24) is 9.55 Å². The molecule has 0 radical (unpaired) electrons. The Hall–Kier alpha value is -2.83. The van der Waals surface area contributed by atoms with Crippen LogP contribution in [0.2, 0.25) is 0 Å². The molecule has 1 aromatic heterocycles. The highest BCUT2D eigenvalue weighted by molar-refractivity contribution is 5.96. The molecule has 0 bridgehead atoms. The van der Waals surface area contributed by atoms with Gasteiger partial charge in [0.1, 0.15) is 5.60 Å². The molecule has 1 amide bonds. The highest BCUT2D eigenvalue weighted by atomic mass is 16.6. The van der Waals surface area contributed by atoms with Crippen LogP contribution in [0.4, 0.5) is 10.6 Å². The zero-order chi connectivity index (χ0) is 17.0. The van der Waals surface area contributed by atoms with Crippen LogP contribution in [0.3, 0.4) is 0 Å². The van der Waals surface area contributed by atoms with Gasteiger partial charge in [-0.1, -0.05) is 30.3 Å². The van der Waals surface area contributed by atoms with Crippen molar-refractivity contribution in [3.8, 4) is 0 Å². The summed E-state index contributed by atoms with van der Waals surface area (Å²) < 4.78 is 6.73. The van der Waals surface area contributed by atoms with Gasteiger partial charge in [0.15, 0.2) is 11.5 Å². The summed E-state index contributed by atoms with van der Waals surface area (Å²) in [6.45, 7) is 5.57. The number of imidazole rings is 1. The summed E-state index contributed by atoms with van der Waals surface area (Å²) in [6, 6.07) is 9.45. The number of hydrogen-bond acceptors (Lipinski definition) is 4. The standard InChI is InChI=1S/C16H19N3O4/c1-16(2,3)23-15(22)18-13-12(14(20)21)17-10-19(13)9-11-7-5-4-6-8-11/h4-8,10H,9H2,1-3H3,(H,18,22)(H,20,21). The first-order valence-electron chi connectivity index (χ1n) is 7.08. The van der Waals surface area contributed by atoms with E-state index in [0.717, 1.165) is 5.56 Å². The van der Waals surface area contributed by atoms with E-state index in [1.165, 1.54) is 6.33 Å². The largest absolute Gasteiger partial charge is 0.476 e. The lowest BCUT2D eigenvalue weighted by Crippen LogP contribution is -2.28. The average Bonchev–Trinajstić information content (AvgIpc) is 2.81. The maximum atomic E-state index is 11.9. The zero-order valence-corrected chi connectivity index (χ0v) is 13.2. The summed E-state index contributed by atoms with van der Waals surface area (Å²) in [5.74, 6) is -1.13. The fourth-order valence-corrected chi connectivity index (χ4v) is 1.97. The minimum absolute atomic E-state index is 0.0932. The van der Waals surface area contributed by atoms with Crippen LogP contribution in [0.5, 0.6) is 0 Å². The molecule has 0 atom stereocenters. The Morgan fingerprint density at radius 3 is 2.48 bits per heavy atom. The summed E-state index contributed by atoms with van der Waals surface area (Å²) in [5, 5.41) is 11.7. The third-order valence-electron chi connectivity index (χ3n) is 2.86. The number of aromatic carboxylic acids is 1. The van der Waals surface area contributed by atoms with Crippen molar-refractivity contribution in [2.45, 2.75) is 32.9 Å². The third kappa shape index (κ3) is 4.57. The lowest BCUT2D eigenvalue weighted by atomic mass is 10.2. The maximum Gasteiger partial charge on any atom is 0.413 e. The summed E-state index contributed by atoms with van der Waals surface area (Å²) in [5.41, 5.74) is 0.0402. The van der Waals surface area contributed by atoms with E-state index in [4.69, 9.17) is 4.74 Å². The van der Waals surface area contributed by atoms with Crippen molar-refractivity contribution in [3.63, 3.8) is 0 Å². The molecule has 0 spiro atoms. The molecule has 0 aliphatic heterocycles. The smallest absolute Gasteiger partial charge is 0.413 e. The van der Waals surface area contributed by atoms with Crippen molar-refractivity contribution in [2.75, 3.05) is 5.32 Å². The van der Waals surface area contributed by atoms with Crippen molar-refractivity contribution in [1.29, 1.82) is 0 Å². The van der Waals surface area contributed by atoms with E-state index in [2.05, 4.69) is 10.3 Å². The number of nitrogens with zero attached hydrogens (tertiary/aromatic N) is 2. The SMILES string of the molecule is CC(C)(C)OC(=O)Nc1c(C(=O)O)ncn1Cc1ccccc1. The van der Waals surface area contributed by atoms with Crippen molar-refractivity contribution >= 4 is 17.9 Å². The van der Waals surface area contributed by atoms with Crippen LogP contribution in [-0.4, -0.2) is 32.3 Å². The van der Waals surface area contributed by atoms with Crippen molar-refractivity contribution < 1.29 is 19.4 Å². The fourth-order valence-electron chi connectivity index (χ4n) is 1.97. The van der Waals surface area contributed by atoms with E-state index < -0.39 is 17.7 Å². The second kappa shape index (κ2) is 6.51. The Morgan fingerprint density at radius 1 is 1.26 bits per heavy atom. The molecule has 2 N–H and O–H groups in total. The van der Waals surface area contributed by atoms with Gasteiger partial charge in [-0.15, -0.1) is 0 Å². The molecule has 0 aliphatic carbocycles. The van der Waals surface area contributed by atoms with Gasteiger partial charge in [0.05, 0.1) is 12.9 Å². The Kier molecular flexibility index (Phi) is 4.68. The van der Waals surface area contributed by atoms with E-state index >= 15 is 0 Å². The van der Waals surface area contributed by atoms with Gasteiger partial charge in [0, 0.05) is 0 Å². The van der Waals surface area contributed by atoms with E-state index in [9.17, 15) is 14.7 Å². The molecule has 0 fully saturated rings. The number of rotatable bonds is 4. The van der Waals surface area contributed by atoms with Gasteiger partial charge < -0.3 is 14.4 Å². The number of amides is 1. The first-order valence-corrected chi connectivity index (χ1v) is 7.08. The van der Waals surface area contributed by atoms with Gasteiger partial charge in [-0.2, -0.15) is 0 Å². The normalized spacial score (nSPS) is 11.1. The predicted molar refractivity (Wildman–Crippen MR) is 84.6 cm³/mol. The Labute approximate surface area is 133 Å². The molecule has 1 aromatic carbocycles. The molecule has 0 unspecified atom stereocenters. The summed E-state index contributed by atoms with van der Waals surface area (Å²) in [4.78, 5) is 27.1. The molecule has 0 aliphatic rings. The fraction of sp³-hybridized carbons (Fsp3) is 0.312. The summed E-state index contributed by atoms with van der Waals surface area (Å²) in [7, 11) is 0. The van der Waals surface area contributed by atoms with Crippen LogP contribution in [0.15, 0.2) is 36.7 Å². The summed E-state index contributed by atoms with van der Waals surface area (Å²) in [6.07, 6.45) is 0.651. The molecule has 122 valence electrons. The van der Waals surface area contributed by atoms with Gasteiger partial charge in [-0.25, -0.2) is 14.6 Å². The van der Waals surface area contributed by atoms with E-state index in [-0.39, 0.29) is 11.5 Å². The highest BCUT2D eigenvalue weighted by Crippen LogP contribution is 2.18. The minimum atomic E-state index is -1.22. The number of benzene rings is 1. The van der Waals surface area contributed by atoms with E-state index in [1.807, 2.05) is 30.3 Å². The Bertz CT molecular complexity index is 702. The molecule has 0 saturated carbocycles. The van der Waals surface area contributed by atoms with Gasteiger partial charge in [-0.3, -0.25) is 5.32 Å². The van der Waals surface area contributed by atoms with Gasteiger partial charge in [0.25, 0.3) is 0 Å². The third-order valence-corrected chi connectivity index (χ3v) is 2.86. The zero-order valence-electron chi connectivity index (χ0n) is 13.2. The molecule has 1 heterocycles. The number of ether oxygens (including phenoxy) is 1. The topological polar surface area (TPSA) is 93.4 Å². The monoisotopic (exact) mass is 317 g/mol. The lowest BCUT2D eigenvalue weighted by molar-refractivity contribution is 0.0634. The van der Waals surface area contributed by atoms with Crippen LogP contribution in [0, 0.1) is 0 Å². The quantitative estimate of drug-likeness (QED) is 0.904. The molecule has 23 heavy (non-hydrogen) atoms. The molecular formula is C16H19N3O4. The highest BCUT2D eigenvalue weighted by Gasteiger charge is 2.22.